The molecule has 3 N–H and O–H groups in total. The van der Waals surface area contributed by atoms with E-state index in [0.717, 1.165) is 21.7 Å². The number of thiazole rings is 1. The Kier molecular flexibility index (Phi) is 10.0. The van der Waals surface area contributed by atoms with Crippen LogP contribution in [0.2, 0.25) is 0 Å². The van der Waals surface area contributed by atoms with Gasteiger partial charge in [-0.15, -0.1) is 23.1 Å². The third-order valence-electron chi connectivity index (χ3n) is 5.98. The monoisotopic (exact) mass is 626 g/mol. The van der Waals surface area contributed by atoms with Crippen LogP contribution in [0, 0.1) is 0 Å². The normalized spacial score (nSPS) is 11.0. The SMILES string of the molecule is COc1ccccc1-c1csc(NC(=O)CSc2cccc(NC(=O)/C(=C/c3ccsc3)NC(=O)c3ccccc3)c2)n1. The number of amides is 3. The van der Waals surface area contributed by atoms with Crippen LogP contribution in [-0.4, -0.2) is 35.6 Å². The van der Waals surface area contributed by atoms with Gasteiger partial charge in [-0.1, -0.05) is 36.4 Å². The first-order chi connectivity index (χ1) is 21.0. The number of aromatic nitrogens is 1. The van der Waals surface area contributed by atoms with Crippen LogP contribution >= 0.6 is 34.4 Å². The van der Waals surface area contributed by atoms with E-state index in [1.54, 1.807) is 55.7 Å². The average molecular weight is 627 g/mol. The lowest BCUT2D eigenvalue weighted by atomic mass is 10.1. The number of para-hydroxylation sites is 1. The van der Waals surface area contributed by atoms with Crippen LogP contribution in [0.15, 0.2) is 112 Å². The summed E-state index contributed by atoms with van der Waals surface area (Å²) in [6.07, 6.45) is 1.63. The molecule has 0 unspecified atom stereocenters. The fourth-order valence-electron chi connectivity index (χ4n) is 3.94. The predicted molar refractivity (Wildman–Crippen MR) is 175 cm³/mol. The van der Waals surface area contributed by atoms with Crippen molar-refractivity contribution in [3.63, 3.8) is 0 Å². The fourth-order valence-corrected chi connectivity index (χ4v) is 6.04. The molecule has 0 spiro atoms. The van der Waals surface area contributed by atoms with Gasteiger partial charge in [0.15, 0.2) is 5.13 Å². The number of anilines is 2. The summed E-state index contributed by atoms with van der Waals surface area (Å²) in [6.45, 7) is 0. The number of thiophene rings is 1. The molecule has 0 aliphatic rings. The number of thioether (sulfide) groups is 1. The highest BCUT2D eigenvalue weighted by atomic mass is 32.2. The maximum absolute atomic E-state index is 13.3. The summed E-state index contributed by atoms with van der Waals surface area (Å²) in [6, 6.07) is 25.3. The van der Waals surface area contributed by atoms with Crippen molar-refractivity contribution < 1.29 is 19.1 Å². The van der Waals surface area contributed by atoms with Gasteiger partial charge in [0, 0.05) is 27.1 Å². The van der Waals surface area contributed by atoms with Gasteiger partial charge in [-0.25, -0.2) is 4.98 Å². The number of nitrogens with zero attached hydrogens (tertiary/aromatic N) is 1. The molecule has 0 aliphatic carbocycles. The number of carbonyl (C=O) groups excluding carboxylic acids is 3. The third-order valence-corrected chi connectivity index (χ3v) is 8.43. The van der Waals surface area contributed by atoms with E-state index >= 15 is 0 Å². The second-order valence-corrected chi connectivity index (χ2v) is 11.7. The Hall–Kier alpha value is -4.71. The van der Waals surface area contributed by atoms with E-state index in [1.165, 1.54) is 34.4 Å². The smallest absolute Gasteiger partial charge is 0.272 e. The van der Waals surface area contributed by atoms with Gasteiger partial charge in [0.25, 0.3) is 11.8 Å². The molecule has 216 valence electrons. The maximum atomic E-state index is 13.3. The first-order valence-corrected chi connectivity index (χ1v) is 15.8. The Bertz CT molecular complexity index is 1750. The van der Waals surface area contributed by atoms with Crippen molar-refractivity contribution in [2.24, 2.45) is 0 Å². The molecule has 0 aliphatic heterocycles. The number of benzene rings is 3. The second-order valence-electron chi connectivity index (χ2n) is 8.99. The van der Waals surface area contributed by atoms with E-state index in [2.05, 4.69) is 20.9 Å². The molecule has 5 rings (SSSR count). The Balaban J connectivity index is 1.20. The fraction of sp³-hybridized carbons (Fsp3) is 0.0625. The summed E-state index contributed by atoms with van der Waals surface area (Å²) in [4.78, 5) is 44.0. The molecule has 43 heavy (non-hydrogen) atoms. The lowest BCUT2D eigenvalue weighted by Crippen LogP contribution is -2.30. The molecule has 3 amide bonds. The Morgan fingerprint density at radius 1 is 0.930 bits per heavy atom. The molecule has 0 saturated heterocycles. The van der Waals surface area contributed by atoms with Gasteiger partial charge >= 0.3 is 0 Å². The molecule has 11 heteroatoms. The molecule has 0 radical (unpaired) electrons. The van der Waals surface area contributed by atoms with Crippen LogP contribution in [0.4, 0.5) is 10.8 Å². The third kappa shape index (κ3) is 8.19. The number of nitrogens with one attached hydrogen (secondary N) is 3. The predicted octanol–water partition coefficient (Wildman–Crippen LogP) is 7.02. The number of methoxy groups -OCH3 is 1. The van der Waals surface area contributed by atoms with Gasteiger partial charge in [-0.2, -0.15) is 11.3 Å². The van der Waals surface area contributed by atoms with Gasteiger partial charge in [-0.05, 0) is 70.9 Å². The molecular formula is C32H26N4O4S3. The molecule has 0 bridgehead atoms. The molecule has 0 atom stereocenters. The minimum Gasteiger partial charge on any atom is -0.496 e. The molecule has 2 heterocycles. The number of ether oxygens (including phenoxy) is 1. The molecule has 2 aromatic heterocycles. The zero-order valence-electron chi connectivity index (χ0n) is 22.9. The van der Waals surface area contributed by atoms with E-state index in [-0.39, 0.29) is 23.3 Å². The van der Waals surface area contributed by atoms with Crippen molar-refractivity contribution in [2.45, 2.75) is 4.90 Å². The van der Waals surface area contributed by atoms with E-state index in [0.29, 0.717) is 22.1 Å². The number of hydrogen-bond acceptors (Lipinski definition) is 8. The quantitative estimate of drug-likeness (QED) is 0.107. The largest absolute Gasteiger partial charge is 0.496 e. The van der Waals surface area contributed by atoms with Crippen molar-refractivity contribution in [1.82, 2.24) is 10.3 Å². The highest BCUT2D eigenvalue weighted by Gasteiger charge is 2.16. The van der Waals surface area contributed by atoms with Crippen LogP contribution in [0.3, 0.4) is 0 Å². The van der Waals surface area contributed by atoms with Gasteiger partial charge < -0.3 is 20.7 Å². The maximum Gasteiger partial charge on any atom is 0.272 e. The first-order valence-electron chi connectivity index (χ1n) is 13.0. The Morgan fingerprint density at radius 2 is 1.74 bits per heavy atom. The van der Waals surface area contributed by atoms with Gasteiger partial charge in [0.05, 0.1) is 18.6 Å². The highest BCUT2D eigenvalue weighted by Crippen LogP contribution is 2.32. The molecule has 5 aromatic rings. The second kappa shape index (κ2) is 14.5. The van der Waals surface area contributed by atoms with Crippen molar-refractivity contribution in [3.8, 4) is 17.0 Å². The van der Waals surface area contributed by atoms with Crippen molar-refractivity contribution in [3.05, 3.63) is 118 Å². The van der Waals surface area contributed by atoms with Gasteiger partial charge in [0.1, 0.15) is 11.4 Å². The van der Waals surface area contributed by atoms with Gasteiger partial charge in [0.2, 0.25) is 5.91 Å². The topological polar surface area (TPSA) is 109 Å². The van der Waals surface area contributed by atoms with Crippen LogP contribution < -0.4 is 20.7 Å². The minimum atomic E-state index is -0.468. The molecule has 0 fully saturated rings. The number of rotatable bonds is 11. The number of hydrogen-bond donors (Lipinski definition) is 3. The molecular weight excluding hydrogens is 601 g/mol. The van der Waals surface area contributed by atoms with E-state index in [9.17, 15) is 14.4 Å². The average Bonchev–Trinajstić information content (AvgIpc) is 3.73. The Labute approximate surface area is 260 Å². The molecule has 8 nitrogen and oxygen atoms in total. The van der Waals surface area contributed by atoms with E-state index < -0.39 is 5.91 Å². The first kappa shape index (κ1) is 29.8. The van der Waals surface area contributed by atoms with Crippen molar-refractivity contribution >= 4 is 69.1 Å². The summed E-state index contributed by atoms with van der Waals surface area (Å²) in [7, 11) is 1.61. The van der Waals surface area contributed by atoms with Crippen molar-refractivity contribution in [1.29, 1.82) is 0 Å². The highest BCUT2D eigenvalue weighted by molar-refractivity contribution is 8.00. The summed E-state index contributed by atoms with van der Waals surface area (Å²) in [5.41, 5.74) is 3.46. The standard InChI is InChI=1S/C32H26N4O4S3/c1-40-28-13-6-5-12-25(28)27-19-43-32(35-27)36-29(37)20-42-24-11-7-10-23(17-24)33-31(39)26(16-21-14-15-41-18-21)34-30(38)22-8-3-2-4-9-22/h2-19H,20H2,1H3,(H,33,39)(H,34,38)(H,35,36,37)/b26-16-. The lowest BCUT2D eigenvalue weighted by molar-refractivity contribution is -0.114. The summed E-state index contributed by atoms with van der Waals surface area (Å²) in [5.74, 6) is -0.198. The summed E-state index contributed by atoms with van der Waals surface area (Å²) >= 11 is 4.16. The van der Waals surface area contributed by atoms with Crippen LogP contribution in [0.5, 0.6) is 5.75 Å². The van der Waals surface area contributed by atoms with Crippen LogP contribution in [0.1, 0.15) is 15.9 Å². The van der Waals surface area contributed by atoms with Crippen molar-refractivity contribution in [2.75, 3.05) is 23.5 Å². The molecule has 0 saturated carbocycles. The zero-order chi connectivity index (χ0) is 30.0. The summed E-state index contributed by atoms with van der Waals surface area (Å²) in [5, 5.41) is 14.6. The van der Waals surface area contributed by atoms with Crippen LogP contribution in [0.25, 0.3) is 17.3 Å². The zero-order valence-corrected chi connectivity index (χ0v) is 25.4. The Morgan fingerprint density at radius 3 is 2.53 bits per heavy atom. The van der Waals surface area contributed by atoms with Crippen LogP contribution in [-0.2, 0) is 9.59 Å². The van der Waals surface area contributed by atoms with Gasteiger partial charge in [-0.3, -0.25) is 14.4 Å². The lowest BCUT2D eigenvalue weighted by Gasteiger charge is -2.12. The number of carbonyl (C=O) groups is 3. The minimum absolute atomic E-state index is 0.112. The van der Waals surface area contributed by atoms with E-state index in [4.69, 9.17) is 4.74 Å². The van der Waals surface area contributed by atoms with E-state index in [1.807, 2.05) is 58.6 Å². The molecule has 3 aromatic carbocycles. The summed E-state index contributed by atoms with van der Waals surface area (Å²) < 4.78 is 5.41.